The van der Waals surface area contributed by atoms with Crippen LogP contribution in [-0.4, -0.2) is 40.4 Å². The smallest absolute Gasteiger partial charge is 0.322 e. The first-order chi connectivity index (χ1) is 12.5. The van der Waals surface area contributed by atoms with Crippen LogP contribution in [0.5, 0.6) is 0 Å². The number of urea groups is 1. The number of carbonyl (C=O) groups is 1. The minimum absolute atomic E-state index is 0.0340. The molecule has 142 valence electrons. The van der Waals surface area contributed by atoms with E-state index in [4.69, 9.17) is 9.15 Å². The van der Waals surface area contributed by atoms with Crippen molar-refractivity contribution in [2.24, 2.45) is 5.92 Å². The molecular formula is C17H22F2N4O3. The van der Waals surface area contributed by atoms with Crippen LogP contribution in [-0.2, 0) is 11.3 Å². The first-order valence-corrected chi connectivity index (χ1v) is 8.50. The van der Waals surface area contributed by atoms with Gasteiger partial charge in [0.05, 0.1) is 31.3 Å². The summed E-state index contributed by atoms with van der Waals surface area (Å²) in [6, 6.07) is 3.06. The van der Waals surface area contributed by atoms with Crippen molar-refractivity contribution in [2.45, 2.75) is 32.9 Å². The van der Waals surface area contributed by atoms with E-state index in [9.17, 15) is 13.6 Å². The van der Waals surface area contributed by atoms with Gasteiger partial charge in [0.2, 0.25) is 0 Å². The number of furan rings is 1. The van der Waals surface area contributed by atoms with Crippen LogP contribution in [0.25, 0.3) is 0 Å². The Labute approximate surface area is 149 Å². The molecule has 3 heterocycles. The fourth-order valence-electron chi connectivity index (χ4n) is 2.89. The topological polar surface area (TPSA) is 72.5 Å². The highest BCUT2D eigenvalue weighted by Gasteiger charge is 2.29. The Hall–Kier alpha value is -2.42. The first kappa shape index (κ1) is 18.4. The lowest BCUT2D eigenvalue weighted by Gasteiger charge is -2.32. The molecule has 1 fully saturated rings. The largest absolute Gasteiger partial charge is 0.467 e. The summed E-state index contributed by atoms with van der Waals surface area (Å²) in [7, 11) is 0. The van der Waals surface area contributed by atoms with E-state index in [-0.39, 0.29) is 29.9 Å². The van der Waals surface area contributed by atoms with Crippen molar-refractivity contribution in [1.82, 2.24) is 14.7 Å². The summed E-state index contributed by atoms with van der Waals surface area (Å²) in [6.07, 6.45) is -0.294. The van der Waals surface area contributed by atoms with Crippen LogP contribution >= 0.6 is 0 Å². The van der Waals surface area contributed by atoms with Crippen LogP contribution in [0.15, 0.2) is 29.0 Å². The molecule has 0 bridgehead atoms. The third-order valence-corrected chi connectivity index (χ3v) is 4.08. The van der Waals surface area contributed by atoms with Gasteiger partial charge < -0.3 is 19.4 Å². The third-order valence-electron chi connectivity index (χ3n) is 4.08. The number of amides is 2. The maximum Gasteiger partial charge on any atom is 0.322 e. The van der Waals surface area contributed by atoms with E-state index in [2.05, 4.69) is 10.4 Å². The molecule has 2 aromatic rings. The molecule has 3 rings (SSSR count). The summed E-state index contributed by atoms with van der Waals surface area (Å²) in [5, 5.41) is 6.55. The highest BCUT2D eigenvalue weighted by atomic mass is 19.3. The lowest BCUT2D eigenvalue weighted by molar-refractivity contribution is -0.0242. The number of alkyl halides is 2. The van der Waals surface area contributed by atoms with Gasteiger partial charge in [-0.1, -0.05) is 13.8 Å². The summed E-state index contributed by atoms with van der Waals surface area (Å²) in [5.74, 6) is 0.782. The fourth-order valence-corrected chi connectivity index (χ4v) is 2.89. The van der Waals surface area contributed by atoms with E-state index in [0.717, 1.165) is 0 Å². The quantitative estimate of drug-likeness (QED) is 0.874. The molecule has 0 aromatic carbocycles. The van der Waals surface area contributed by atoms with E-state index in [1.54, 1.807) is 12.1 Å². The molecule has 26 heavy (non-hydrogen) atoms. The van der Waals surface area contributed by atoms with E-state index in [1.807, 2.05) is 13.8 Å². The molecule has 1 atom stereocenters. The number of ether oxygens (including phenoxy) is 1. The number of hydrogen-bond acceptors (Lipinski definition) is 4. The van der Waals surface area contributed by atoms with Crippen LogP contribution in [0.1, 0.15) is 37.8 Å². The van der Waals surface area contributed by atoms with Gasteiger partial charge in [-0.25, -0.2) is 13.6 Å². The monoisotopic (exact) mass is 368 g/mol. The number of aromatic nitrogens is 2. The molecule has 9 heteroatoms. The molecule has 2 amide bonds. The van der Waals surface area contributed by atoms with Crippen LogP contribution in [0.2, 0.25) is 0 Å². The Morgan fingerprint density at radius 1 is 1.46 bits per heavy atom. The van der Waals surface area contributed by atoms with Gasteiger partial charge in [0, 0.05) is 13.1 Å². The van der Waals surface area contributed by atoms with Crippen molar-refractivity contribution in [1.29, 1.82) is 0 Å². The molecule has 0 spiro atoms. The van der Waals surface area contributed by atoms with Gasteiger partial charge in [0.1, 0.15) is 17.6 Å². The van der Waals surface area contributed by atoms with Gasteiger partial charge in [-0.2, -0.15) is 5.10 Å². The van der Waals surface area contributed by atoms with Gasteiger partial charge in [0.25, 0.3) is 6.43 Å². The normalized spacial score (nSPS) is 17.9. The first-order valence-electron chi connectivity index (χ1n) is 8.50. The summed E-state index contributed by atoms with van der Waals surface area (Å²) < 4.78 is 39.1. The maximum absolute atomic E-state index is 13.5. The maximum atomic E-state index is 13.5. The highest BCUT2D eigenvalue weighted by molar-refractivity contribution is 5.90. The van der Waals surface area contributed by atoms with Gasteiger partial charge in [-0.3, -0.25) is 4.68 Å². The molecule has 0 saturated carbocycles. The molecular weight excluding hydrogens is 346 g/mol. The number of anilines is 1. The molecule has 1 aliphatic heterocycles. The van der Waals surface area contributed by atoms with Crippen molar-refractivity contribution < 1.29 is 22.7 Å². The lowest BCUT2D eigenvalue weighted by Crippen LogP contribution is -2.44. The third kappa shape index (κ3) is 4.04. The zero-order chi connectivity index (χ0) is 18.7. The van der Waals surface area contributed by atoms with Crippen LogP contribution in [0.4, 0.5) is 19.3 Å². The number of nitrogens with one attached hydrogen (secondary N) is 1. The van der Waals surface area contributed by atoms with E-state index in [1.165, 1.54) is 22.0 Å². The zero-order valence-corrected chi connectivity index (χ0v) is 14.7. The number of carbonyl (C=O) groups excluding carboxylic acids is 1. The van der Waals surface area contributed by atoms with Crippen molar-refractivity contribution in [3.05, 3.63) is 36.0 Å². The number of halogens is 2. The van der Waals surface area contributed by atoms with E-state index < -0.39 is 12.5 Å². The van der Waals surface area contributed by atoms with Gasteiger partial charge in [-0.05, 0) is 18.1 Å². The Bertz CT molecular complexity index is 730. The molecule has 1 saturated heterocycles. The summed E-state index contributed by atoms with van der Waals surface area (Å²) in [5.41, 5.74) is -0.241. The average Bonchev–Trinajstić information content (AvgIpc) is 3.24. The Morgan fingerprint density at radius 2 is 2.27 bits per heavy atom. The number of rotatable bonds is 5. The predicted octanol–water partition coefficient (Wildman–Crippen LogP) is 3.68. The zero-order valence-electron chi connectivity index (χ0n) is 14.7. The summed E-state index contributed by atoms with van der Waals surface area (Å²) in [4.78, 5) is 14.1. The van der Waals surface area contributed by atoms with Crippen LogP contribution < -0.4 is 5.32 Å². The second-order valence-electron chi connectivity index (χ2n) is 6.57. The number of hydrogen-bond donors (Lipinski definition) is 1. The second kappa shape index (κ2) is 7.86. The van der Waals surface area contributed by atoms with Crippen molar-refractivity contribution >= 4 is 11.7 Å². The molecule has 0 aliphatic carbocycles. The van der Waals surface area contributed by atoms with E-state index >= 15 is 0 Å². The van der Waals surface area contributed by atoms with Crippen LogP contribution in [0, 0.1) is 5.92 Å². The molecule has 7 nitrogen and oxygen atoms in total. The van der Waals surface area contributed by atoms with Gasteiger partial charge >= 0.3 is 6.03 Å². The molecule has 1 N–H and O–H groups in total. The molecule has 1 aliphatic rings. The van der Waals surface area contributed by atoms with Crippen LogP contribution in [0.3, 0.4) is 0 Å². The fraction of sp³-hybridized carbons (Fsp3) is 0.529. The molecule has 2 aromatic heterocycles. The van der Waals surface area contributed by atoms with Crippen molar-refractivity contribution in [3.63, 3.8) is 0 Å². The molecule has 1 unspecified atom stereocenters. The Kier molecular flexibility index (Phi) is 5.55. The summed E-state index contributed by atoms with van der Waals surface area (Å²) in [6.45, 7) is 5.17. The van der Waals surface area contributed by atoms with Crippen molar-refractivity contribution in [2.75, 3.05) is 25.0 Å². The minimum atomic E-state index is -2.73. The average molecular weight is 368 g/mol. The SMILES string of the molecule is CC(C)Cn1ncc(NC(=O)N2CCOC(c3ccco3)C2)c1C(F)F. The Balaban J connectivity index is 1.70. The Morgan fingerprint density at radius 3 is 2.92 bits per heavy atom. The van der Waals surface area contributed by atoms with Gasteiger partial charge in [-0.15, -0.1) is 0 Å². The lowest BCUT2D eigenvalue weighted by atomic mass is 10.2. The van der Waals surface area contributed by atoms with E-state index in [0.29, 0.717) is 25.5 Å². The second-order valence-corrected chi connectivity index (χ2v) is 6.57. The number of morpholine rings is 1. The number of nitrogens with zero attached hydrogens (tertiary/aromatic N) is 3. The minimum Gasteiger partial charge on any atom is -0.467 e. The summed E-state index contributed by atoms with van der Waals surface area (Å²) >= 11 is 0. The van der Waals surface area contributed by atoms with Crippen molar-refractivity contribution in [3.8, 4) is 0 Å². The highest BCUT2D eigenvalue weighted by Crippen LogP contribution is 2.28. The van der Waals surface area contributed by atoms with Gasteiger partial charge in [0.15, 0.2) is 0 Å². The standard InChI is InChI=1S/C17H22F2N4O3/c1-11(2)9-23-15(16(18)19)12(8-20-23)21-17(24)22-5-7-26-14(10-22)13-4-3-6-25-13/h3-4,6,8,11,14,16H,5,7,9-10H2,1-2H3,(H,21,24). The molecule has 0 radical (unpaired) electrons. The predicted molar refractivity (Wildman–Crippen MR) is 90.0 cm³/mol.